The average Bonchev–Trinajstić information content (AvgIpc) is 2.70. The molecule has 15 heavy (non-hydrogen) atoms. The summed E-state index contributed by atoms with van der Waals surface area (Å²) in [6, 6.07) is 5.45. The first-order valence-corrected chi connectivity index (χ1v) is 5.05. The van der Waals surface area contributed by atoms with Crippen LogP contribution in [0.5, 0.6) is 0 Å². The van der Waals surface area contributed by atoms with Gasteiger partial charge in [-0.3, -0.25) is 5.32 Å². The van der Waals surface area contributed by atoms with Crippen LogP contribution in [0.25, 0.3) is 0 Å². The van der Waals surface area contributed by atoms with Gasteiger partial charge in [-0.1, -0.05) is 0 Å². The van der Waals surface area contributed by atoms with E-state index in [-0.39, 0.29) is 6.04 Å². The summed E-state index contributed by atoms with van der Waals surface area (Å²) >= 11 is 0. The van der Waals surface area contributed by atoms with Crippen molar-refractivity contribution in [3.63, 3.8) is 0 Å². The Morgan fingerprint density at radius 3 is 2.93 bits per heavy atom. The van der Waals surface area contributed by atoms with Gasteiger partial charge in [-0.15, -0.1) is 0 Å². The zero-order valence-corrected chi connectivity index (χ0v) is 9.23. The van der Waals surface area contributed by atoms with Crippen LogP contribution in [0.4, 0.5) is 0 Å². The van der Waals surface area contributed by atoms with Crippen LogP contribution in [0, 0.1) is 11.3 Å². The van der Waals surface area contributed by atoms with E-state index in [2.05, 4.69) is 16.3 Å². The molecule has 0 aromatic carbocycles. The van der Waals surface area contributed by atoms with Crippen molar-refractivity contribution in [2.45, 2.75) is 12.5 Å². The smallest absolute Gasteiger partial charge is 0.154 e. The van der Waals surface area contributed by atoms with Crippen molar-refractivity contribution in [2.75, 3.05) is 27.2 Å². The second kappa shape index (κ2) is 6.23. The molecule has 0 saturated heterocycles. The van der Waals surface area contributed by atoms with Gasteiger partial charge in [0.25, 0.3) is 0 Å². The molecule has 1 rings (SSSR count). The van der Waals surface area contributed by atoms with Crippen LogP contribution in [0.3, 0.4) is 0 Å². The second-order valence-electron chi connectivity index (χ2n) is 3.69. The minimum absolute atomic E-state index is 0.331. The molecule has 0 amide bonds. The Hall–Kier alpha value is -1.31. The van der Waals surface area contributed by atoms with Crippen molar-refractivity contribution in [3.8, 4) is 6.07 Å². The summed E-state index contributed by atoms with van der Waals surface area (Å²) in [5.74, 6) is 0.683. The van der Waals surface area contributed by atoms with Gasteiger partial charge in [0.2, 0.25) is 0 Å². The van der Waals surface area contributed by atoms with Crippen molar-refractivity contribution >= 4 is 0 Å². The lowest BCUT2D eigenvalue weighted by atomic mass is 10.2. The minimum atomic E-state index is -0.331. The van der Waals surface area contributed by atoms with Gasteiger partial charge >= 0.3 is 0 Å². The van der Waals surface area contributed by atoms with Crippen LogP contribution in [-0.2, 0) is 0 Å². The maximum Gasteiger partial charge on any atom is 0.154 e. The molecule has 1 unspecified atom stereocenters. The Balaban J connectivity index is 2.27. The number of rotatable bonds is 6. The topological polar surface area (TPSA) is 52.2 Å². The molecule has 82 valence electrons. The first-order chi connectivity index (χ1) is 7.24. The van der Waals surface area contributed by atoms with E-state index in [1.54, 1.807) is 12.3 Å². The Morgan fingerprint density at radius 2 is 2.40 bits per heavy atom. The summed E-state index contributed by atoms with van der Waals surface area (Å²) in [6.07, 6.45) is 2.60. The lowest BCUT2D eigenvalue weighted by Crippen LogP contribution is -2.24. The monoisotopic (exact) mass is 207 g/mol. The maximum absolute atomic E-state index is 8.92. The molecule has 0 fully saturated rings. The molecule has 0 saturated carbocycles. The van der Waals surface area contributed by atoms with E-state index in [1.807, 2.05) is 20.2 Å². The first kappa shape index (κ1) is 11.8. The van der Waals surface area contributed by atoms with Crippen LogP contribution >= 0.6 is 0 Å². The zero-order valence-electron chi connectivity index (χ0n) is 9.23. The largest absolute Gasteiger partial charge is 0.467 e. The molecule has 4 nitrogen and oxygen atoms in total. The highest BCUT2D eigenvalue weighted by Gasteiger charge is 2.11. The summed E-state index contributed by atoms with van der Waals surface area (Å²) in [5, 5.41) is 12.1. The number of nitrogens with zero attached hydrogens (tertiary/aromatic N) is 2. The van der Waals surface area contributed by atoms with Gasteiger partial charge in [-0.25, -0.2) is 0 Å². The van der Waals surface area contributed by atoms with Crippen LogP contribution in [0.2, 0.25) is 0 Å². The van der Waals surface area contributed by atoms with E-state index < -0.39 is 0 Å². The molecule has 1 aromatic heterocycles. The molecule has 1 N–H and O–H groups in total. The van der Waals surface area contributed by atoms with E-state index in [1.165, 1.54) is 0 Å². The molecule has 0 spiro atoms. The molecule has 1 atom stereocenters. The third kappa shape index (κ3) is 4.15. The molecule has 0 aliphatic carbocycles. The summed E-state index contributed by atoms with van der Waals surface area (Å²) in [6.45, 7) is 1.83. The van der Waals surface area contributed by atoms with Crippen molar-refractivity contribution in [1.29, 1.82) is 5.26 Å². The maximum atomic E-state index is 8.92. The van der Waals surface area contributed by atoms with Crippen LogP contribution in [0.1, 0.15) is 18.2 Å². The number of nitrogens with one attached hydrogen (secondary N) is 1. The van der Waals surface area contributed by atoms with Gasteiger partial charge in [0, 0.05) is 0 Å². The third-order valence-corrected chi connectivity index (χ3v) is 2.09. The SMILES string of the molecule is CN(C)CCCNC(C#N)c1ccco1. The predicted molar refractivity (Wildman–Crippen MR) is 58.2 cm³/mol. The molecule has 4 heteroatoms. The lowest BCUT2D eigenvalue weighted by Gasteiger charge is -2.11. The fraction of sp³-hybridized carbons (Fsp3) is 0.545. The Morgan fingerprint density at radius 1 is 1.60 bits per heavy atom. The number of hydrogen-bond donors (Lipinski definition) is 1. The highest BCUT2D eigenvalue weighted by atomic mass is 16.3. The third-order valence-electron chi connectivity index (χ3n) is 2.09. The molecule has 0 bridgehead atoms. The van der Waals surface area contributed by atoms with Gasteiger partial charge in [0.1, 0.15) is 5.76 Å². The Kier molecular flexibility index (Phi) is 4.88. The van der Waals surface area contributed by atoms with Gasteiger partial charge in [-0.05, 0) is 45.7 Å². The predicted octanol–water partition coefficient (Wildman–Crippen LogP) is 1.39. The fourth-order valence-corrected chi connectivity index (χ4v) is 1.31. The van der Waals surface area contributed by atoms with Crippen LogP contribution in [-0.4, -0.2) is 32.1 Å². The Labute approximate surface area is 90.5 Å². The highest BCUT2D eigenvalue weighted by molar-refractivity contribution is 5.12. The van der Waals surface area contributed by atoms with Crippen molar-refractivity contribution < 1.29 is 4.42 Å². The van der Waals surface area contributed by atoms with Gasteiger partial charge < -0.3 is 9.32 Å². The molecule has 1 heterocycles. The Bertz CT molecular complexity index is 300. The summed E-state index contributed by atoms with van der Waals surface area (Å²) < 4.78 is 5.17. The van der Waals surface area contributed by atoms with Crippen molar-refractivity contribution in [1.82, 2.24) is 10.2 Å². The van der Waals surface area contributed by atoms with Gasteiger partial charge in [-0.2, -0.15) is 5.26 Å². The fourth-order valence-electron chi connectivity index (χ4n) is 1.31. The summed E-state index contributed by atoms with van der Waals surface area (Å²) in [4.78, 5) is 2.12. The van der Waals surface area contributed by atoms with E-state index in [0.717, 1.165) is 19.5 Å². The first-order valence-electron chi connectivity index (χ1n) is 5.05. The number of hydrogen-bond acceptors (Lipinski definition) is 4. The van der Waals surface area contributed by atoms with Crippen LogP contribution in [0.15, 0.2) is 22.8 Å². The highest BCUT2D eigenvalue weighted by Crippen LogP contribution is 2.11. The molecule has 0 radical (unpaired) electrons. The molecule has 0 aliphatic heterocycles. The number of furan rings is 1. The summed E-state index contributed by atoms with van der Waals surface area (Å²) in [5.41, 5.74) is 0. The van der Waals surface area contributed by atoms with Gasteiger partial charge in [0.05, 0.1) is 12.3 Å². The quantitative estimate of drug-likeness (QED) is 0.716. The van der Waals surface area contributed by atoms with E-state index in [0.29, 0.717) is 5.76 Å². The van der Waals surface area contributed by atoms with E-state index >= 15 is 0 Å². The molecule has 1 aromatic rings. The zero-order chi connectivity index (χ0) is 11.1. The minimum Gasteiger partial charge on any atom is -0.467 e. The number of nitriles is 1. The standard InChI is InChI=1S/C11H17N3O/c1-14(2)7-4-6-13-10(9-12)11-5-3-8-15-11/h3,5,8,10,13H,4,6-7H2,1-2H3. The van der Waals surface area contributed by atoms with Gasteiger partial charge in [0.15, 0.2) is 6.04 Å². The lowest BCUT2D eigenvalue weighted by molar-refractivity contribution is 0.385. The molecular weight excluding hydrogens is 190 g/mol. The molecule has 0 aliphatic rings. The summed E-state index contributed by atoms with van der Waals surface area (Å²) in [7, 11) is 4.07. The molecular formula is C11H17N3O. The van der Waals surface area contributed by atoms with E-state index in [9.17, 15) is 0 Å². The second-order valence-corrected chi connectivity index (χ2v) is 3.69. The van der Waals surface area contributed by atoms with E-state index in [4.69, 9.17) is 9.68 Å². The van der Waals surface area contributed by atoms with Crippen molar-refractivity contribution in [3.05, 3.63) is 24.2 Å². The van der Waals surface area contributed by atoms with Crippen molar-refractivity contribution in [2.24, 2.45) is 0 Å². The average molecular weight is 207 g/mol. The van der Waals surface area contributed by atoms with Crippen LogP contribution < -0.4 is 5.32 Å². The normalized spacial score (nSPS) is 12.7.